The fraction of sp³-hybridized carbons (Fsp3) is 0.250. The summed E-state index contributed by atoms with van der Waals surface area (Å²) in [5.41, 5.74) is 7.47. The normalized spacial score (nSPS) is 12.7. The molecular weight excluding hydrogens is 321 g/mol. The van der Waals surface area contributed by atoms with Crippen LogP contribution in [0.1, 0.15) is 24.2 Å². The van der Waals surface area contributed by atoms with Gasteiger partial charge in [0.25, 0.3) is 0 Å². The highest BCUT2D eigenvalue weighted by Crippen LogP contribution is 2.29. The lowest BCUT2D eigenvalue weighted by Gasteiger charge is -2.14. The quantitative estimate of drug-likeness (QED) is 0.905. The molecule has 0 bridgehead atoms. The Labute approximate surface area is 118 Å². The number of hydrogen-bond acceptors (Lipinski definition) is 2. The van der Waals surface area contributed by atoms with E-state index < -0.39 is 0 Å². The van der Waals surface area contributed by atoms with Crippen LogP contribution in [0, 0.1) is 12.7 Å². The van der Waals surface area contributed by atoms with E-state index in [1.165, 1.54) is 6.07 Å². The SMILES string of the molecule is Cc1nn(C(C)c2ccc(F)c(Br)c2)c(N)c1Cl. The fourth-order valence-corrected chi connectivity index (χ4v) is 2.27. The Bertz CT molecular complexity index is 597. The van der Waals surface area contributed by atoms with E-state index in [0.717, 1.165) is 5.56 Å². The Morgan fingerprint density at radius 2 is 2.17 bits per heavy atom. The zero-order valence-electron chi connectivity index (χ0n) is 9.92. The van der Waals surface area contributed by atoms with Crippen molar-refractivity contribution in [2.24, 2.45) is 0 Å². The highest BCUT2D eigenvalue weighted by Gasteiger charge is 2.17. The first-order valence-electron chi connectivity index (χ1n) is 5.37. The number of benzene rings is 1. The number of halogens is 3. The molecule has 96 valence electrons. The van der Waals surface area contributed by atoms with Crippen molar-refractivity contribution >= 4 is 33.3 Å². The van der Waals surface area contributed by atoms with Crippen molar-refractivity contribution in [1.29, 1.82) is 0 Å². The van der Waals surface area contributed by atoms with Gasteiger partial charge in [-0.1, -0.05) is 17.7 Å². The van der Waals surface area contributed by atoms with Crippen molar-refractivity contribution in [2.45, 2.75) is 19.9 Å². The van der Waals surface area contributed by atoms with Crippen molar-refractivity contribution in [1.82, 2.24) is 9.78 Å². The zero-order chi connectivity index (χ0) is 13.4. The maximum absolute atomic E-state index is 13.2. The molecule has 0 radical (unpaired) electrons. The molecule has 0 spiro atoms. The molecule has 2 aromatic rings. The second-order valence-corrected chi connectivity index (χ2v) is 5.31. The molecule has 18 heavy (non-hydrogen) atoms. The highest BCUT2D eigenvalue weighted by molar-refractivity contribution is 9.10. The van der Waals surface area contributed by atoms with Crippen molar-refractivity contribution in [3.8, 4) is 0 Å². The maximum atomic E-state index is 13.2. The number of nitrogen functional groups attached to an aromatic ring is 1. The van der Waals surface area contributed by atoms with Crippen molar-refractivity contribution < 1.29 is 4.39 Å². The third-order valence-corrected chi connectivity index (χ3v) is 3.91. The van der Waals surface area contributed by atoms with Crippen LogP contribution in [0.2, 0.25) is 5.02 Å². The van der Waals surface area contributed by atoms with Gasteiger partial charge in [0.2, 0.25) is 0 Å². The third-order valence-electron chi connectivity index (χ3n) is 2.84. The summed E-state index contributed by atoms with van der Waals surface area (Å²) in [4.78, 5) is 0. The molecule has 2 N–H and O–H groups in total. The van der Waals surface area contributed by atoms with E-state index in [1.54, 1.807) is 23.7 Å². The molecule has 0 aliphatic heterocycles. The number of rotatable bonds is 2. The van der Waals surface area contributed by atoms with Crippen LogP contribution in [0.5, 0.6) is 0 Å². The number of anilines is 1. The minimum atomic E-state index is -0.298. The summed E-state index contributed by atoms with van der Waals surface area (Å²) in [6.07, 6.45) is 0. The van der Waals surface area contributed by atoms with Crippen LogP contribution in [-0.4, -0.2) is 9.78 Å². The highest BCUT2D eigenvalue weighted by atomic mass is 79.9. The first-order chi connectivity index (χ1) is 8.41. The van der Waals surface area contributed by atoms with Gasteiger partial charge in [-0.05, 0) is 47.5 Å². The summed E-state index contributed by atoms with van der Waals surface area (Å²) in [5, 5.41) is 4.75. The van der Waals surface area contributed by atoms with Crippen LogP contribution in [0.15, 0.2) is 22.7 Å². The predicted molar refractivity (Wildman–Crippen MR) is 74.3 cm³/mol. The molecule has 0 saturated carbocycles. The Kier molecular flexibility index (Phi) is 3.64. The molecule has 2 rings (SSSR count). The molecule has 0 aliphatic rings. The summed E-state index contributed by atoms with van der Waals surface area (Å²) < 4.78 is 15.3. The standard InChI is InChI=1S/C12H12BrClFN3/c1-6-11(14)12(16)18(17-6)7(2)8-3-4-10(15)9(13)5-8/h3-5,7H,16H2,1-2H3. The molecule has 0 fully saturated rings. The average Bonchev–Trinajstić information content (AvgIpc) is 2.60. The molecule has 0 amide bonds. The Balaban J connectivity index is 2.44. The molecule has 0 aliphatic carbocycles. The summed E-state index contributed by atoms with van der Waals surface area (Å²) in [6, 6.07) is 4.71. The van der Waals surface area contributed by atoms with E-state index in [4.69, 9.17) is 17.3 Å². The molecule has 1 aromatic carbocycles. The van der Waals surface area contributed by atoms with Gasteiger partial charge < -0.3 is 5.73 Å². The topological polar surface area (TPSA) is 43.8 Å². The second-order valence-electron chi connectivity index (χ2n) is 4.08. The van der Waals surface area contributed by atoms with E-state index >= 15 is 0 Å². The van der Waals surface area contributed by atoms with Gasteiger partial charge in [0.15, 0.2) is 0 Å². The van der Waals surface area contributed by atoms with E-state index in [1.807, 2.05) is 6.92 Å². The Morgan fingerprint density at radius 3 is 2.67 bits per heavy atom. The van der Waals surface area contributed by atoms with Crippen molar-refractivity contribution in [2.75, 3.05) is 5.73 Å². The molecule has 1 atom stereocenters. The predicted octanol–water partition coefficient (Wildman–Crippen LogP) is 3.94. The summed E-state index contributed by atoms with van der Waals surface area (Å²) in [7, 11) is 0. The van der Waals surface area contributed by atoms with E-state index in [0.29, 0.717) is 21.0 Å². The maximum Gasteiger partial charge on any atom is 0.141 e. The van der Waals surface area contributed by atoms with Crippen molar-refractivity contribution in [3.05, 3.63) is 44.8 Å². The van der Waals surface area contributed by atoms with Gasteiger partial charge in [-0.25, -0.2) is 9.07 Å². The van der Waals surface area contributed by atoms with E-state index in [-0.39, 0.29) is 11.9 Å². The largest absolute Gasteiger partial charge is 0.383 e. The first kappa shape index (κ1) is 13.4. The average molecular weight is 333 g/mol. The van der Waals surface area contributed by atoms with E-state index in [2.05, 4.69) is 21.0 Å². The second kappa shape index (κ2) is 4.90. The lowest BCUT2D eigenvalue weighted by molar-refractivity contribution is 0.564. The van der Waals surface area contributed by atoms with Crippen LogP contribution in [0.25, 0.3) is 0 Å². The van der Waals surface area contributed by atoms with Gasteiger partial charge >= 0.3 is 0 Å². The fourth-order valence-electron chi connectivity index (χ4n) is 1.75. The Morgan fingerprint density at radius 1 is 1.50 bits per heavy atom. The zero-order valence-corrected chi connectivity index (χ0v) is 12.3. The minimum Gasteiger partial charge on any atom is -0.383 e. The molecule has 1 aromatic heterocycles. The Hall–Kier alpha value is -1.07. The van der Waals surface area contributed by atoms with Gasteiger partial charge in [-0.3, -0.25) is 0 Å². The van der Waals surface area contributed by atoms with Crippen LogP contribution >= 0.6 is 27.5 Å². The van der Waals surface area contributed by atoms with Gasteiger partial charge in [-0.15, -0.1) is 0 Å². The van der Waals surface area contributed by atoms with Gasteiger partial charge in [0.05, 0.1) is 16.2 Å². The van der Waals surface area contributed by atoms with Gasteiger partial charge in [-0.2, -0.15) is 5.10 Å². The number of nitrogens with zero attached hydrogens (tertiary/aromatic N) is 2. The monoisotopic (exact) mass is 331 g/mol. The minimum absolute atomic E-state index is 0.118. The molecule has 0 saturated heterocycles. The summed E-state index contributed by atoms with van der Waals surface area (Å²) in [6.45, 7) is 3.72. The number of nitrogens with two attached hydrogens (primary N) is 1. The third kappa shape index (κ3) is 2.24. The molecule has 1 heterocycles. The molecule has 1 unspecified atom stereocenters. The molecule has 3 nitrogen and oxygen atoms in total. The van der Waals surface area contributed by atoms with Crippen LogP contribution in [0.3, 0.4) is 0 Å². The van der Waals surface area contributed by atoms with E-state index in [9.17, 15) is 4.39 Å². The lowest BCUT2D eigenvalue weighted by Crippen LogP contribution is -2.11. The molecular formula is C12H12BrClFN3. The number of hydrogen-bond donors (Lipinski definition) is 1. The smallest absolute Gasteiger partial charge is 0.141 e. The van der Waals surface area contributed by atoms with Crippen molar-refractivity contribution in [3.63, 3.8) is 0 Å². The van der Waals surface area contributed by atoms with Gasteiger partial charge in [0, 0.05) is 0 Å². The first-order valence-corrected chi connectivity index (χ1v) is 6.54. The molecule has 6 heteroatoms. The summed E-state index contributed by atoms with van der Waals surface area (Å²) >= 11 is 9.17. The summed E-state index contributed by atoms with van der Waals surface area (Å²) in [5.74, 6) is 0.121. The van der Waals surface area contributed by atoms with Crippen LogP contribution < -0.4 is 5.73 Å². The number of aromatic nitrogens is 2. The van der Waals surface area contributed by atoms with Crippen LogP contribution in [0.4, 0.5) is 10.2 Å². The van der Waals surface area contributed by atoms with Gasteiger partial charge in [0.1, 0.15) is 16.7 Å². The lowest BCUT2D eigenvalue weighted by atomic mass is 10.1. The van der Waals surface area contributed by atoms with Crippen LogP contribution in [-0.2, 0) is 0 Å². The number of aryl methyl sites for hydroxylation is 1.